The molecule has 0 saturated heterocycles. The van der Waals surface area contributed by atoms with Gasteiger partial charge in [-0.1, -0.05) is 61.5 Å². The van der Waals surface area contributed by atoms with Gasteiger partial charge >= 0.3 is 5.97 Å². The molecule has 0 bridgehead atoms. The maximum Gasteiger partial charge on any atom is 0.333 e. The van der Waals surface area contributed by atoms with Crippen LogP contribution in [0.2, 0.25) is 0 Å². The third-order valence-corrected chi connectivity index (χ3v) is 3.42. The Morgan fingerprint density at radius 1 is 1.00 bits per heavy atom. The number of carbonyl (C=O) groups is 1. The van der Waals surface area contributed by atoms with Gasteiger partial charge in [-0.3, -0.25) is 0 Å². The van der Waals surface area contributed by atoms with Gasteiger partial charge in [-0.2, -0.15) is 0 Å². The third-order valence-electron chi connectivity index (χ3n) is 3.42. The van der Waals surface area contributed by atoms with Crippen LogP contribution < -0.4 is 0 Å². The molecule has 0 spiro atoms. The molecule has 0 radical (unpaired) electrons. The normalized spacial score (nSPS) is 12.0. The van der Waals surface area contributed by atoms with Crippen LogP contribution in [0.1, 0.15) is 23.6 Å². The van der Waals surface area contributed by atoms with Crippen molar-refractivity contribution in [3.63, 3.8) is 0 Å². The molecule has 2 aromatic carbocycles. The minimum atomic E-state index is -0.925. The van der Waals surface area contributed by atoms with Gasteiger partial charge in [0.2, 0.25) is 0 Å². The average Bonchev–Trinajstić information content (AvgIpc) is 2.52. The maximum atomic E-state index is 11.3. The Balaban J connectivity index is 1.96. The Hall–Kier alpha value is -2.13. The number of aryl methyl sites for hydroxylation is 1. The third kappa shape index (κ3) is 4.72. The highest BCUT2D eigenvalue weighted by Crippen LogP contribution is 2.11. The van der Waals surface area contributed by atoms with Crippen molar-refractivity contribution in [2.24, 2.45) is 0 Å². The van der Waals surface area contributed by atoms with Crippen LogP contribution in [0.4, 0.5) is 0 Å². The van der Waals surface area contributed by atoms with Crippen molar-refractivity contribution in [3.8, 4) is 0 Å². The van der Waals surface area contributed by atoms with E-state index in [1.54, 1.807) is 0 Å². The lowest BCUT2D eigenvalue weighted by Crippen LogP contribution is -2.26. The second kappa shape index (κ2) is 7.60. The molecule has 0 aliphatic carbocycles. The first kappa shape index (κ1) is 15.3. The zero-order chi connectivity index (χ0) is 15.1. The van der Waals surface area contributed by atoms with Gasteiger partial charge in [0.25, 0.3) is 0 Å². The standard InChI is InChI=1S/C18H20O3/c1-2-14-8-10-15(11-9-14)12-17(18(19)20)21-13-16-6-4-3-5-7-16/h3-11,17H,2,12-13H2,1H3,(H,19,20)/t17-/m0/s1. The Morgan fingerprint density at radius 2 is 1.62 bits per heavy atom. The minimum Gasteiger partial charge on any atom is -0.479 e. The van der Waals surface area contributed by atoms with E-state index < -0.39 is 12.1 Å². The molecular formula is C18H20O3. The second-order valence-corrected chi connectivity index (χ2v) is 5.00. The van der Waals surface area contributed by atoms with Crippen LogP contribution >= 0.6 is 0 Å². The predicted molar refractivity (Wildman–Crippen MR) is 82.2 cm³/mol. The highest BCUT2D eigenvalue weighted by atomic mass is 16.5. The van der Waals surface area contributed by atoms with Crippen LogP contribution in [-0.4, -0.2) is 17.2 Å². The van der Waals surface area contributed by atoms with Crippen molar-refractivity contribution in [1.29, 1.82) is 0 Å². The van der Waals surface area contributed by atoms with E-state index in [9.17, 15) is 9.90 Å². The fourth-order valence-electron chi connectivity index (χ4n) is 2.11. The van der Waals surface area contributed by atoms with Gasteiger partial charge in [-0.05, 0) is 23.1 Å². The van der Waals surface area contributed by atoms with Crippen molar-refractivity contribution < 1.29 is 14.6 Å². The molecular weight excluding hydrogens is 264 g/mol. The summed E-state index contributed by atoms with van der Waals surface area (Å²) in [6.45, 7) is 2.41. The molecule has 110 valence electrons. The van der Waals surface area contributed by atoms with Crippen molar-refractivity contribution in [1.82, 2.24) is 0 Å². The largest absolute Gasteiger partial charge is 0.479 e. The first-order valence-corrected chi connectivity index (χ1v) is 7.15. The van der Waals surface area contributed by atoms with Crippen molar-refractivity contribution >= 4 is 5.97 Å². The van der Waals surface area contributed by atoms with E-state index in [-0.39, 0.29) is 0 Å². The van der Waals surface area contributed by atoms with E-state index in [1.165, 1.54) is 5.56 Å². The molecule has 0 fully saturated rings. The number of carboxylic acid groups (broad SMARTS) is 1. The molecule has 3 heteroatoms. The second-order valence-electron chi connectivity index (χ2n) is 5.00. The number of rotatable bonds is 7. The molecule has 0 amide bonds. The van der Waals surface area contributed by atoms with Crippen LogP contribution in [0, 0.1) is 0 Å². The molecule has 0 aliphatic heterocycles. The van der Waals surface area contributed by atoms with Crippen LogP contribution in [0.3, 0.4) is 0 Å². The first-order chi connectivity index (χ1) is 10.2. The summed E-state index contributed by atoms with van der Waals surface area (Å²) < 4.78 is 5.55. The van der Waals surface area contributed by atoms with Crippen LogP contribution in [0.15, 0.2) is 54.6 Å². The Labute approximate surface area is 125 Å². The highest BCUT2D eigenvalue weighted by Gasteiger charge is 2.18. The lowest BCUT2D eigenvalue weighted by Gasteiger charge is -2.14. The van der Waals surface area contributed by atoms with E-state index in [1.807, 2.05) is 54.6 Å². The molecule has 0 aliphatic rings. The number of benzene rings is 2. The van der Waals surface area contributed by atoms with E-state index in [2.05, 4.69) is 6.92 Å². The number of hydrogen-bond donors (Lipinski definition) is 1. The van der Waals surface area contributed by atoms with Gasteiger partial charge in [-0.15, -0.1) is 0 Å². The maximum absolute atomic E-state index is 11.3. The number of aliphatic carboxylic acids is 1. The van der Waals surface area contributed by atoms with Gasteiger partial charge in [0.1, 0.15) is 0 Å². The predicted octanol–water partition coefficient (Wildman–Crippen LogP) is 3.46. The molecule has 1 N–H and O–H groups in total. The minimum absolute atomic E-state index is 0.310. The quantitative estimate of drug-likeness (QED) is 0.847. The van der Waals surface area contributed by atoms with Gasteiger partial charge < -0.3 is 9.84 Å². The Kier molecular flexibility index (Phi) is 5.52. The number of ether oxygens (including phenoxy) is 1. The van der Waals surface area contributed by atoms with E-state index in [0.29, 0.717) is 13.0 Å². The molecule has 21 heavy (non-hydrogen) atoms. The smallest absolute Gasteiger partial charge is 0.333 e. The topological polar surface area (TPSA) is 46.5 Å². The molecule has 0 saturated carbocycles. The van der Waals surface area contributed by atoms with Crippen LogP contribution in [0.25, 0.3) is 0 Å². The molecule has 0 unspecified atom stereocenters. The Bertz CT molecular complexity index is 561. The van der Waals surface area contributed by atoms with E-state index in [4.69, 9.17) is 4.74 Å². The SMILES string of the molecule is CCc1ccc(C[C@H](OCc2ccccc2)C(=O)O)cc1. The lowest BCUT2D eigenvalue weighted by molar-refractivity contribution is -0.151. The fraction of sp³-hybridized carbons (Fsp3) is 0.278. The number of hydrogen-bond acceptors (Lipinski definition) is 2. The summed E-state index contributed by atoms with van der Waals surface area (Å²) in [6.07, 6.45) is 0.539. The summed E-state index contributed by atoms with van der Waals surface area (Å²) in [5.41, 5.74) is 3.20. The summed E-state index contributed by atoms with van der Waals surface area (Å²) in [4.78, 5) is 11.3. The lowest BCUT2D eigenvalue weighted by atomic mass is 10.0. The zero-order valence-electron chi connectivity index (χ0n) is 12.2. The summed E-state index contributed by atoms with van der Waals surface area (Å²) >= 11 is 0. The monoisotopic (exact) mass is 284 g/mol. The van der Waals surface area contributed by atoms with Gasteiger partial charge in [0.05, 0.1) is 6.61 Å². The molecule has 0 heterocycles. The number of carboxylic acids is 1. The van der Waals surface area contributed by atoms with Gasteiger partial charge in [0.15, 0.2) is 6.10 Å². The van der Waals surface area contributed by atoms with Crippen molar-refractivity contribution in [2.75, 3.05) is 0 Å². The molecule has 2 aromatic rings. The van der Waals surface area contributed by atoms with Gasteiger partial charge in [0, 0.05) is 6.42 Å². The average molecular weight is 284 g/mol. The van der Waals surface area contributed by atoms with Crippen molar-refractivity contribution in [3.05, 3.63) is 71.3 Å². The van der Waals surface area contributed by atoms with Crippen LogP contribution in [-0.2, 0) is 29.0 Å². The summed E-state index contributed by atoms with van der Waals surface area (Å²) in [5, 5.41) is 9.29. The summed E-state index contributed by atoms with van der Waals surface area (Å²) in [7, 11) is 0. The summed E-state index contributed by atoms with van der Waals surface area (Å²) in [6, 6.07) is 17.6. The molecule has 0 aromatic heterocycles. The van der Waals surface area contributed by atoms with E-state index >= 15 is 0 Å². The highest BCUT2D eigenvalue weighted by molar-refractivity contribution is 5.72. The summed E-state index contributed by atoms with van der Waals surface area (Å²) in [5.74, 6) is -0.925. The molecule has 2 rings (SSSR count). The van der Waals surface area contributed by atoms with Gasteiger partial charge in [-0.25, -0.2) is 4.79 Å². The fourth-order valence-corrected chi connectivity index (χ4v) is 2.11. The van der Waals surface area contributed by atoms with Crippen LogP contribution in [0.5, 0.6) is 0 Å². The molecule has 3 nitrogen and oxygen atoms in total. The molecule has 1 atom stereocenters. The zero-order valence-corrected chi connectivity index (χ0v) is 12.2. The Morgan fingerprint density at radius 3 is 2.19 bits per heavy atom. The van der Waals surface area contributed by atoms with E-state index in [0.717, 1.165) is 17.5 Å². The first-order valence-electron chi connectivity index (χ1n) is 7.15. The van der Waals surface area contributed by atoms with Crippen molar-refractivity contribution in [2.45, 2.75) is 32.5 Å².